The fourth-order valence-corrected chi connectivity index (χ4v) is 0. The van der Waals surface area contributed by atoms with Crippen LogP contribution in [-0.2, 0) is 3.74 Å². The van der Waals surface area contributed by atoms with E-state index in [-0.39, 0.29) is 31.7 Å². The molecule has 5 nitrogen and oxygen atoms in total. The summed E-state index contributed by atoms with van der Waals surface area (Å²) >= 11 is -5.12. The zero-order valence-electron chi connectivity index (χ0n) is 3.40. The summed E-state index contributed by atoms with van der Waals surface area (Å²) in [5, 5.41) is 0. The third kappa shape index (κ3) is 156. The van der Waals surface area contributed by atoms with Gasteiger partial charge in [0.25, 0.3) is 0 Å². The van der Waals surface area contributed by atoms with Crippen molar-refractivity contribution in [1.82, 2.24) is 0 Å². The molecule has 0 aliphatic rings. The first-order chi connectivity index (χ1) is 2.00. The molecule has 0 saturated heterocycles. The quantitative estimate of drug-likeness (QED) is 0.375. The molecule has 0 radical (unpaired) electrons. The molecule has 0 rings (SSSR count). The van der Waals surface area contributed by atoms with E-state index in [1.54, 1.807) is 0 Å². The minimum absolute atomic E-state index is 0. The first-order valence-electron chi connectivity index (χ1n) is 0.783. The summed E-state index contributed by atoms with van der Waals surface area (Å²) in [5.74, 6) is 0. The molecule has 48 valence electrons. The van der Waals surface area contributed by atoms with Gasteiger partial charge in [0.15, 0.2) is 0 Å². The molecular weight excluding hydrogens is 364 g/mol. The van der Waals surface area contributed by atoms with Crippen molar-refractivity contribution in [1.29, 1.82) is 0 Å². The van der Waals surface area contributed by atoms with Gasteiger partial charge in [-0.25, -0.2) is 0 Å². The van der Waals surface area contributed by atoms with Gasteiger partial charge in [-0.2, -0.15) is 0 Å². The molecule has 0 atom stereocenters. The zero-order valence-corrected chi connectivity index (χ0v) is 10.8. The van der Waals surface area contributed by atoms with Gasteiger partial charge < -0.3 is 5.48 Å². The molecule has 0 aliphatic carbocycles. The van der Waals surface area contributed by atoms with Gasteiger partial charge in [0.1, 0.15) is 0 Å². The van der Waals surface area contributed by atoms with E-state index in [0.29, 0.717) is 0 Å². The van der Waals surface area contributed by atoms with Crippen molar-refractivity contribution in [3.8, 4) is 0 Å². The Hall–Kier alpha value is 1.08. The Labute approximate surface area is 62.1 Å². The summed E-state index contributed by atoms with van der Waals surface area (Å²) in [6.07, 6.45) is 0. The molecule has 0 aliphatic heterocycles. The summed E-state index contributed by atoms with van der Waals surface area (Å²) in [4.78, 5) is 0. The molecule has 0 saturated carbocycles. The Kier molecular flexibility index (Phi) is 11.7. The Bertz CT molecular complexity index is 54.2. The zero-order chi connectivity index (χ0) is 4.50. The van der Waals surface area contributed by atoms with Crippen LogP contribution in [0, 0.1) is 0 Å². The van der Waals surface area contributed by atoms with Crippen LogP contribution in [0.15, 0.2) is 0 Å². The summed E-state index contributed by atoms with van der Waals surface area (Å²) < 4.78 is 30.7. The molecule has 0 bridgehead atoms. The fourth-order valence-electron chi connectivity index (χ4n) is 0. The van der Waals surface area contributed by atoms with Crippen molar-refractivity contribution in [3.63, 3.8) is 0 Å². The van der Waals surface area contributed by atoms with Crippen LogP contribution in [-0.4, -0.2) is 58.5 Å². The Morgan fingerprint density at radius 1 is 1.14 bits per heavy atom. The molecule has 0 amide bonds. The second kappa shape index (κ2) is 5.22. The first kappa shape index (κ1) is 15.7. The van der Waals surface area contributed by atoms with Crippen LogP contribution in [0.5, 0.6) is 0 Å². The maximum absolute atomic E-state index is 8.94. The topological polar surface area (TPSA) is 109 Å². The van der Waals surface area contributed by atoms with Gasteiger partial charge in [0, 0.05) is 0 Å². The van der Waals surface area contributed by atoms with Gasteiger partial charge in [-0.05, 0) is 0 Å². The molecule has 0 spiro atoms. The van der Waals surface area contributed by atoms with Gasteiger partial charge in [0.2, 0.25) is 0 Å². The van der Waals surface area contributed by atoms with E-state index >= 15 is 0 Å². The molecule has 7 heteroatoms. The number of rotatable bonds is 0. The number of hydrogen-bond donors (Lipinski definition) is 3. The van der Waals surface area contributed by atoms with Crippen LogP contribution in [0.25, 0.3) is 0 Å². The van der Waals surface area contributed by atoms with Crippen LogP contribution in [0.2, 0.25) is 0 Å². The third-order valence-electron chi connectivity index (χ3n) is 0. The fraction of sp³-hybridized carbons (Fsp3) is 0. The average Bonchev–Trinajstić information content (AvgIpc) is 0.722. The maximum atomic E-state index is 8.94. The van der Waals surface area contributed by atoms with E-state index < -0.39 is 14.5 Å². The summed E-state index contributed by atoms with van der Waals surface area (Å²) in [6.45, 7) is 0. The molecule has 7 heavy (non-hydrogen) atoms. The van der Waals surface area contributed by atoms with Gasteiger partial charge in [-0.1, -0.05) is 0 Å². The van der Waals surface area contributed by atoms with Gasteiger partial charge in [-0.15, -0.1) is 0 Å². The molecule has 0 aromatic rings. The van der Waals surface area contributed by atoms with Crippen molar-refractivity contribution >= 4 is 40.7 Å². The Morgan fingerprint density at radius 3 is 1.14 bits per heavy atom. The van der Waals surface area contributed by atoms with Crippen molar-refractivity contribution in [2.45, 2.75) is 0 Å². The average molecular weight is 372 g/mol. The summed E-state index contributed by atoms with van der Waals surface area (Å²) in [5.41, 5.74) is 0. The van der Waals surface area contributed by atoms with E-state index in [2.05, 4.69) is 0 Å². The van der Waals surface area contributed by atoms with Gasteiger partial charge >= 0.3 is 56.7 Å². The molecular formula is H8AsBiO5. The first-order valence-corrected chi connectivity index (χ1v) is 4.07. The Morgan fingerprint density at radius 2 is 1.14 bits per heavy atom. The van der Waals surface area contributed by atoms with Crippen molar-refractivity contribution in [2.75, 3.05) is 0 Å². The van der Waals surface area contributed by atoms with E-state index in [0.717, 1.165) is 0 Å². The minimum atomic E-state index is -5.12. The summed E-state index contributed by atoms with van der Waals surface area (Å²) in [7, 11) is 0. The second-order valence-corrected chi connectivity index (χ2v) is 2.67. The van der Waals surface area contributed by atoms with Crippen LogP contribution in [0.4, 0.5) is 0 Å². The van der Waals surface area contributed by atoms with Gasteiger partial charge in [-0.3, -0.25) is 0 Å². The van der Waals surface area contributed by atoms with E-state index in [1.165, 1.54) is 0 Å². The van der Waals surface area contributed by atoms with Gasteiger partial charge in [0.05, 0.1) is 0 Å². The molecule has 5 N–H and O–H groups in total. The molecule has 0 fully saturated rings. The van der Waals surface area contributed by atoms with Crippen LogP contribution >= 0.6 is 0 Å². The predicted molar refractivity (Wildman–Crippen MR) is 26.6 cm³/mol. The van der Waals surface area contributed by atoms with Crippen molar-refractivity contribution in [3.05, 3.63) is 0 Å². The van der Waals surface area contributed by atoms with Crippen molar-refractivity contribution < 1.29 is 21.5 Å². The normalized spacial score (nSPS) is 8.43. The van der Waals surface area contributed by atoms with E-state index in [1.807, 2.05) is 0 Å². The third-order valence-corrected chi connectivity index (χ3v) is 0. The van der Waals surface area contributed by atoms with E-state index in [4.69, 9.17) is 16.0 Å². The predicted octanol–water partition coefficient (Wildman–Crippen LogP) is -4.18. The van der Waals surface area contributed by atoms with Crippen molar-refractivity contribution in [2.24, 2.45) is 0 Å². The van der Waals surface area contributed by atoms with Crippen LogP contribution in [0.3, 0.4) is 0 Å². The standard InChI is InChI=1S/AsH3O4.Bi.H2O.3H/c2-1(3,4)5;;;;;/h(H3,2,3,4,5);;1H2;;;. The monoisotopic (exact) mass is 372 g/mol. The van der Waals surface area contributed by atoms with Crippen LogP contribution < -0.4 is 0 Å². The SMILES string of the molecule is O.O=[As](O)(O)O.[BiH3]. The summed E-state index contributed by atoms with van der Waals surface area (Å²) in [6, 6.07) is 0. The molecule has 0 heterocycles. The number of hydrogen-bond acceptors (Lipinski definition) is 1. The van der Waals surface area contributed by atoms with E-state index in [9.17, 15) is 0 Å². The molecule has 0 unspecified atom stereocenters. The Balaban J connectivity index is -0.0000000800. The molecule has 0 aromatic carbocycles. The second-order valence-electron chi connectivity index (χ2n) is 0.513. The van der Waals surface area contributed by atoms with Crippen LogP contribution in [0.1, 0.15) is 0 Å². The molecule has 0 aromatic heterocycles.